The summed E-state index contributed by atoms with van der Waals surface area (Å²) in [5.41, 5.74) is 0.804. The monoisotopic (exact) mass is 305 g/mol. The molecule has 120 valence electrons. The lowest BCUT2D eigenvalue weighted by Crippen LogP contribution is -2.44. The van der Waals surface area contributed by atoms with E-state index < -0.39 is 12.1 Å². The van der Waals surface area contributed by atoms with Gasteiger partial charge >= 0.3 is 6.03 Å². The van der Waals surface area contributed by atoms with Crippen molar-refractivity contribution in [3.05, 3.63) is 24.3 Å². The Morgan fingerprint density at radius 1 is 1.18 bits per heavy atom. The number of amides is 3. The topological polar surface area (TPSA) is 79.5 Å². The van der Waals surface area contributed by atoms with E-state index in [1.807, 2.05) is 24.3 Å². The average Bonchev–Trinajstić information content (AvgIpc) is 3.02. The van der Waals surface area contributed by atoms with Gasteiger partial charge in [0.25, 0.3) is 0 Å². The lowest BCUT2D eigenvalue weighted by Gasteiger charge is -2.16. The molecule has 0 unspecified atom stereocenters. The second-order valence-corrected chi connectivity index (χ2v) is 5.48. The molecule has 0 spiro atoms. The summed E-state index contributed by atoms with van der Waals surface area (Å²) in [7, 11) is 1.46. The van der Waals surface area contributed by atoms with Crippen molar-refractivity contribution >= 4 is 17.6 Å². The summed E-state index contributed by atoms with van der Waals surface area (Å²) < 4.78 is 5.89. The molecular weight excluding hydrogens is 282 g/mol. The van der Waals surface area contributed by atoms with Gasteiger partial charge < -0.3 is 15.4 Å². The molecule has 0 aromatic heterocycles. The maximum absolute atomic E-state index is 11.8. The van der Waals surface area contributed by atoms with Crippen molar-refractivity contribution < 1.29 is 14.3 Å². The number of anilines is 1. The number of nitrogens with one attached hydrogen (secondary N) is 3. The highest BCUT2D eigenvalue weighted by Gasteiger charge is 2.17. The minimum atomic E-state index is -0.515. The Morgan fingerprint density at radius 2 is 1.82 bits per heavy atom. The molecule has 1 atom stereocenters. The first-order chi connectivity index (χ1) is 10.6. The third-order valence-electron chi connectivity index (χ3n) is 3.70. The van der Waals surface area contributed by atoms with Crippen molar-refractivity contribution in [1.29, 1.82) is 0 Å². The number of carbonyl (C=O) groups is 2. The predicted molar refractivity (Wildman–Crippen MR) is 85.0 cm³/mol. The van der Waals surface area contributed by atoms with Gasteiger partial charge in [-0.2, -0.15) is 0 Å². The van der Waals surface area contributed by atoms with Crippen LogP contribution in [0.15, 0.2) is 24.3 Å². The van der Waals surface area contributed by atoms with Crippen LogP contribution in [0.2, 0.25) is 0 Å². The molecule has 3 amide bonds. The number of urea groups is 1. The molecule has 2 rings (SSSR count). The first kappa shape index (κ1) is 16.1. The second-order valence-electron chi connectivity index (χ2n) is 5.48. The van der Waals surface area contributed by atoms with Crippen LogP contribution in [-0.4, -0.2) is 31.1 Å². The van der Waals surface area contributed by atoms with E-state index >= 15 is 0 Å². The molecule has 6 heteroatoms. The van der Waals surface area contributed by atoms with Crippen molar-refractivity contribution in [2.24, 2.45) is 0 Å². The number of rotatable bonds is 5. The van der Waals surface area contributed by atoms with Crippen LogP contribution in [0.1, 0.15) is 32.6 Å². The van der Waals surface area contributed by atoms with Crippen molar-refractivity contribution in [3.8, 4) is 5.75 Å². The molecule has 0 radical (unpaired) electrons. The van der Waals surface area contributed by atoms with Gasteiger partial charge in [0.15, 0.2) is 0 Å². The minimum Gasteiger partial charge on any atom is -0.490 e. The molecule has 3 N–H and O–H groups in total. The third kappa shape index (κ3) is 4.65. The summed E-state index contributed by atoms with van der Waals surface area (Å²) in [6.45, 7) is 1.70. The molecule has 22 heavy (non-hydrogen) atoms. The fraction of sp³-hybridized carbons (Fsp3) is 0.500. The maximum Gasteiger partial charge on any atom is 0.321 e. The SMILES string of the molecule is CNC(=O)NC(=O)[C@@H](C)Nc1ccc(OC2CCCC2)cc1. The summed E-state index contributed by atoms with van der Waals surface area (Å²) in [6.07, 6.45) is 5.05. The Hall–Kier alpha value is -2.24. The van der Waals surface area contributed by atoms with E-state index in [4.69, 9.17) is 4.74 Å². The molecule has 1 saturated carbocycles. The Kier molecular flexibility index (Phi) is 5.63. The summed E-state index contributed by atoms with van der Waals surface area (Å²) in [6, 6.07) is 6.49. The lowest BCUT2D eigenvalue weighted by molar-refractivity contribution is -0.120. The molecule has 0 aliphatic heterocycles. The van der Waals surface area contributed by atoms with E-state index in [1.54, 1.807) is 6.92 Å². The van der Waals surface area contributed by atoms with Crippen molar-refractivity contribution in [1.82, 2.24) is 10.6 Å². The highest BCUT2D eigenvalue weighted by Crippen LogP contribution is 2.25. The molecule has 6 nitrogen and oxygen atoms in total. The first-order valence-corrected chi connectivity index (χ1v) is 7.64. The normalized spacial score (nSPS) is 15.9. The number of carbonyl (C=O) groups excluding carboxylic acids is 2. The van der Waals surface area contributed by atoms with E-state index in [0.29, 0.717) is 6.10 Å². The van der Waals surface area contributed by atoms with Crippen LogP contribution in [0.5, 0.6) is 5.75 Å². The minimum absolute atomic E-state index is 0.330. The fourth-order valence-corrected chi connectivity index (χ4v) is 2.43. The lowest BCUT2D eigenvalue weighted by atomic mass is 10.2. The number of hydrogen-bond donors (Lipinski definition) is 3. The van der Waals surface area contributed by atoms with E-state index in [9.17, 15) is 9.59 Å². The van der Waals surface area contributed by atoms with Gasteiger partial charge in [-0.05, 0) is 56.9 Å². The Labute approximate surface area is 130 Å². The summed E-state index contributed by atoms with van der Waals surface area (Å²) in [4.78, 5) is 22.9. The third-order valence-corrected chi connectivity index (χ3v) is 3.70. The van der Waals surface area contributed by atoms with Crippen LogP contribution < -0.4 is 20.7 Å². The number of ether oxygens (including phenoxy) is 1. The molecule has 1 aromatic rings. The molecule has 1 aliphatic rings. The second kappa shape index (κ2) is 7.68. The van der Waals surface area contributed by atoms with Gasteiger partial charge in [-0.25, -0.2) is 4.79 Å². The number of hydrogen-bond acceptors (Lipinski definition) is 4. The van der Waals surface area contributed by atoms with Crippen LogP contribution in [0, 0.1) is 0 Å². The van der Waals surface area contributed by atoms with Crippen LogP contribution in [0.4, 0.5) is 10.5 Å². The maximum atomic E-state index is 11.8. The zero-order valence-electron chi connectivity index (χ0n) is 13.0. The molecular formula is C16H23N3O3. The van der Waals surface area contributed by atoms with Crippen LogP contribution in [0.25, 0.3) is 0 Å². The standard InChI is InChI=1S/C16H23N3O3/c1-11(15(20)19-16(21)17-2)18-12-7-9-14(10-8-12)22-13-5-3-4-6-13/h7-11,13,18H,3-6H2,1-2H3,(H2,17,19,20,21)/t11-/m1/s1. The van der Waals surface area contributed by atoms with E-state index in [1.165, 1.54) is 19.9 Å². The largest absolute Gasteiger partial charge is 0.490 e. The van der Waals surface area contributed by atoms with Gasteiger partial charge in [0, 0.05) is 12.7 Å². The summed E-state index contributed by atoms with van der Waals surface area (Å²) >= 11 is 0. The zero-order chi connectivity index (χ0) is 15.9. The fourth-order valence-electron chi connectivity index (χ4n) is 2.43. The van der Waals surface area contributed by atoms with Gasteiger partial charge in [-0.15, -0.1) is 0 Å². The Bertz CT molecular complexity index is 510. The summed E-state index contributed by atoms with van der Waals surface area (Å²) in [5.74, 6) is 0.463. The van der Waals surface area contributed by atoms with Gasteiger partial charge in [0.05, 0.1) is 6.10 Å². The average molecular weight is 305 g/mol. The first-order valence-electron chi connectivity index (χ1n) is 7.64. The summed E-state index contributed by atoms with van der Waals surface area (Å²) in [5, 5.41) is 7.62. The molecule has 1 aliphatic carbocycles. The van der Waals surface area contributed by atoms with Gasteiger partial charge in [-0.1, -0.05) is 0 Å². The molecule has 1 aromatic carbocycles. The van der Waals surface area contributed by atoms with Crippen molar-refractivity contribution in [2.75, 3.05) is 12.4 Å². The van der Waals surface area contributed by atoms with Crippen LogP contribution in [-0.2, 0) is 4.79 Å². The Balaban J connectivity index is 1.84. The van der Waals surface area contributed by atoms with E-state index in [2.05, 4.69) is 16.0 Å². The molecule has 1 fully saturated rings. The number of imide groups is 1. The zero-order valence-corrected chi connectivity index (χ0v) is 13.0. The predicted octanol–water partition coefficient (Wildman–Crippen LogP) is 2.26. The van der Waals surface area contributed by atoms with E-state index in [0.717, 1.165) is 24.3 Å². The highest BCUT2D eigenvalue weighted by atomic mass is 16.5. The molecule has 0 saturated heterocycles. The van der Waals surface area contributed by atoms with Gasteiger partial charge in [0.1, 0.15) is 11.8 Å². The highest BCUT2D eigenvalue weighted by molar-refractivity contribution is 5.97. The quantitative estimate of drug-likeness (QED) is 0.779. The van der Waals surface area contributed by atoms with Crippen LogP contribution >= 0.6 is 0 Å². The van der Waals surface area contributed by atoms with Gasteiger partial charge in [0.2, 0.25) is 5.91 Å². The Morgan fingerprint density at radius 3 is 2.41 bits per heavy atom. The van der Waals surface area contributed by atoms with Crippen LogP contribution in [0.3, 0.4) is 0 Å². The molecule has 0 bridgehead atoms. The van der Waals surface area contributed by atoms with Crippen molar-refractivity contribution in [2.45, 2.75) is 44.8 Å². The smallest absolute Gasteiger partial charge is 0.321 e. The molecule has 0 heterocycles. The van der Waals surface area contributed by atoms with Gasteiger partial charge in [-0.3, -0.25) is 10.1 Å². The van der Waals surface area contributed by atoms with E-state index in [-0.39, 0.29) is 5.91 Å². The number of benzene rings is 1. The van der Waals surface area contributed by atoms with Crippen molar-refractivity contribution in [3.63, 3.8) is 0 Å².